The Labute approximate surface area is 160 Å². The Hall–Kier alpha value is -0.0800. The van der Waals surface area contributed by atoms with Gasteiger partial charge in [0.05, 0.1) is 27.2 Å². The zero-order valence-electron chi connectivity index (χ0n) is 18.3. The Morgan fingerprint density at radius 1 is 0.520 bits per heavy atom. The smallest absolute Gasteiger partial charge is 0.182 e. The van der Waals surface area contributed by atoms with Crippen molar-refractivity contribution in [3.8, 4) is 0 Å². The molecule has 0 aromatic carbocycles. The summed E-state index contributed by atoms with van der Waals surface area (Å²) in [6.07, 6.45) is 22.5. The summed E-state index contributed by atoms with van der Waals surface area (Å²) in [7, 11) is 4.56. The fourth-order valence-electron chi connectivity index (χ4n) is 3.36. The van der Waals surface area contributed by atoms with Crippen molar-refractivity contribution < 1.29 is 9.22 Å². The molecule has 0 atom stereocenters. The number of nitrogens with zero attached hydrogens (tertiary/aromatic N) is 1. The van der Waals surface area contributed by atoms with Gasteiger partial charge < -0.3 is 9.22 Å². The molecule has 0 saturated carbocycles. The molecule has 0 aromatic heterocycles. The fourth-order valence-corrected chi connectivity index (χ4v) is 3.36. The number of unbranched alkanes of at least 4 members (excludes halogenated alkanes) is 14. The number of quaternary nitrogens is 1. The van der Waals surface area contributed by atoms with Crippen LogP contribution >= 0.6 is 0 Å². The van der Waals surface area contributed by atoms with Crippen LogP contribution < -0.4 is 0 Å². The molecule has 0 amide bonds. The topological polar surface area (TPSA) is 9.23 Å². The molecular weight excluding hydrogens is 306 g/mol. The predicted octanol–water partition coefficient (Wildman–Crippen LogP) is 7.32. The van der Waals surface area contributed by atoms with E-state index < -0.39 is 0 Å². The molecule has 0 N–H and O–H groups in total. The van der Waals surface area contributed by atoms with Crippen LogP contribution in [0.5, 0.6) is 0 Å². The van der Waals surface area contributed by atoms with Crippen LogP contribution in [0.2, 0.25) is 0 Å². The minimum Gasteiger partial charge on any atom is -0.332 e. The van der Waals surface area contributed by atoms with Gasteiger partial charge in [-0.3, -0.25) is 0 Å². The Kier molecular flexibility index (Phi) is 18.6. The Balaban J connectivity index is 3.14. The molecule has 0 aliphatic rings. The van der Waals surface area contributed by atoms with Crippen molar-refractivity contribution in [1.29, 1.82) is 0 Å². The minimum absolute atomic E-state index is 0.873. The van der Waals surface area contributed by atoms with E-state index in [4.69, 9.17) is 4.74 Å². The zero-order chi connectivity index (χ0) is 18.6. The first kappa shape index (κ1) is 24.9. The van der Waals surface area contributed by atoms with E-state index in [9.17, 15) is 0 Å². The number of ether oxygens (including phenoxy) is 1. The average molecular weight is 357 g/mol. The summed E-state index contributed by atoms with van der Waals surface area (Å²) in [6, 6.07) is 0. The Bertz CT molecular complexity index is 252. The normalized spacial score (nSPS) is 12.0. The molecule has 0 aliphatic heterocycles. The van der Waals surface area contributed by atoms with E-state index >= 15 is 0 Å². The summed E-state index contributed by atoms with van der Waals surface area (Å²) in [5.74, 6) is 0. The molecule has 2 nitrogen and oxygen atoms in total. The highest BCUT2D eigenvalue weighted by molar-refractivity contribution is 4.49. The van der Waals surface area contributed by atoms with Gasteiger partial charge in [0.1, 0.15) is 0 Å². The molecule has 25 heavy (non-hydrogen) atoms. The Morgan fingerprint density at radius 3 is 1.36 bits per heavy atom. The first-order valence-electron chi connectivity index (χ1n) is 11.5. The quantitative estimate of drug-likeness (QED) is 0.126. The highest BCUT2D eigenvalue weighted by atomic mass is 16.5. The van der Waals surface area contributed by atoms with E-state index in [0.29, 0.717) is 0 Å². The van der Waals surface area contributed by atoms with E-state index in [1.807, 2.05) is 0 Å². The highest BCUT2D eigenvalue weighted by Crippen LogP contribution is 2.13. The zero-order valence-corrected chi connectivity index (χ0v) is 18.3. The van der Waals surface area contributed by atoms with Gasteiger partial charge in [0.25, 0.3) is 0 Å². The van der Waals surface area contributed by atoms with E-state index in [1.165, 1.54) is 109 Å². The second kappa shape index (κ2) is 18.7. The third-order valence-electron chi connectivity index (χ3n) is 5.20. The second-order valence-corrected chi connectivity index (χ2v) is 8.65. The molecule has 0 spiro atoms. The first-order chi connectivity index (χ1) is 12.1. The molecule has 0 unspecified atom stereocenters. The van der Waals surface area contributed by atoms with Gasteiger partial charge in [0.2, 0.25) is 0 Å². The molecule has 0 fully saturated rings. The van der Waals surface area contributed by atoms with Gasteiger partial charge >= 0.3 is 0 Å². The van der Waals surface area contributed by atoms with Gasteiger partial charge in [-0.05, 0) is 12.8 Å². The summed E-state index contributed by atoms with van der Waals surface area (Å²) in [6.45, 7) is 7.61. The summed E-state index contributed by atoms with van der Waals surface area (Å²) in [5, 5.41) is 0. The lowest BCUT2D eigenvalue weighted by Gasteiger charge is -2.29. The standard InChI is InChI=1S/C23H50NO/c1-5-7-9-10-11-12-13-14-15-16-17-18-19-20-22-25-23-24(3,4)21-8-6-2/h5-23H2,1-4H3/q+1. The molecule has 0 saturated heterocycles. The van der Waals surface area contributed by atoms with Crippen molar-refractivity contribution >= 4 is 0 Å². The third-order valence-corrected chi connectivity index (χ3v) is 5.20. The molecule has 0 bridgehead atoms. The van der Waals surface area contributed by atoms with Crippen molar-refractivity contribution in [2.45, 2.75) is 117 Å². The maximum absolute atomic E-state index is 5.87. The summed E-state index contributed by atoms with van der Waals surface area (Å²) >= 11 is 0. The minimum atomic E-state index is 0.873. The molecule has 0 aromatic rings. The molecule has 0 radical (unpaired) electrons. The summed E-state index contributed by atoms with van der Waals surface area (Å²) < 4.78 is 6.88. The molecule has 152 valence electrons. The molecular formula is C23H50NO+. The monoisotopic (exact) mass is 356 g/mol. The maximum atomic E-state index is 5.87. The van der Waals surface area contributed by atoms with Gasteiger partial charge in [0.15, 0.2) is 6.73 Å². The second-order valence-electron chi connectivity index (χ2n) is 8.65. The van der Waals surface area contributed by atoms with Gasteiger partial charge in [-0.1, -0.05) is 104 Å². The van der Waals surface area contributed by atoms with Crippen LogP contribution in [0.1, 0.15) is 117 Å². The Morgan fingerprint density at radius 2 is 0.920 bits per heavy atom. The van der Waals surface area contributed by atoms with Gasteiger partial charge in [0, 0.05) is 0 Å². The van der Waals surface area contributed by atoms with E-state index in [-0.39, 0.29) is 0 Å². The van der Waals surface area contributed by atoms with E-state index in [1.54, 1.807) is 0 Å². The van der Waals surface area contributed by atoms with E-state index in [0.717, 1.165) is 17.8 Å². The van der Waals surface area contributed by atoms with Crippen LogP contribution in [-0.4, -0.2) is 38.5 Å². The van der Waals surface area contributed by atoms with Crippen LogP contribution in [0.4, 0.5) is 0 Å². The molecule has 0 heterocycles. The van der Waals surface area contributed by atoms with Gasteiger partial charge in [-0.15, -0.1) is 0 Å². The van der Waals surface area contributed by atoms with Crippen molar-refractivity contribution in [2.75, 3.05) is 34.0 Å². The fraction of sp³-hybridized carbons (Fsp3) is 1.00. The van der Waals surface area contributed by atoms with Gasteiger partial charge in [-0.25, -0.2) is 0 Å². The lowest BCUT2D eigenvalue weighted by Crippen LogP contribution is -2.42. The SMILES string of the molecule is CCCCCCCCCCCCCCCCOC[N+](C)(C)CCCC. The molecule has 2 heteroatoms. The number of hydrogen-bond acceptors (Lipinski definition) is 1. The predicted molar refractivity (Wildman–Crippen MR) is 113 cm³/mol. The van der Waals surface area contributed by atoms with Crippen molar-refractivity contribution in [3.63, 3.8) is 0 Å². The molecule has 0 rings (SSSR count). The number of rotatable bonds is 20. The van der Waals surface area contributed by atoms with Crippen LogP contribution in [0.3, 0.4) is 0 Å². The van der Waals surface area contributed by atoms with Crippen LogP contribution in [-0.2, 0) is 4.74 Å². The lowest BCUT2D eigenvalue weighted by molar-refractivity contribution is -0.909. The summed E-state index contributed by atoms with van der Waals surface area (Å²) in [5.41, 5.74) is 0. The van der Waals surface area contributed by atoms with Crippen LogP contribution in [0.25, 0.3) is 0 Å². The van der Waals surface area contributed by atoms with Crippen LogP contribution in [0, 0.1) is 0 Å². The highest BCUT2D eigenvalue weighted by Gasteiger charge is 2.13. The largest absolute Gasteiger partial charge is 0.332 e. The van der Waals surface area contributed by atoms with Gasteiger partial charge in [-0.2, -0.15) is 0 Å². The van der Waals surface area contributed by atoms with Crippen molar-refractivity contribution in [3.05, 3.63) is 0 Å². The van der Waals surface area contributed by atoms with E-state index in [2.05, 4.69) is 27.9 Å². The molecule has 0 aliphatic carbocycles. The lowest BCUT2D eigenvalue weighted by atomic mass is 10.0. The first-order valence-corrected chi connectivity index (χ1v) is 11.5. The maximum Gasteiger partial charge on any atom is 0.182 e. The van der Waals surface area contributed by atoms with Crippen LogP contribution in [0.15, 0.2) is 0 Å². The summed E-state index contributed by atoms with van der Waals surface area (Å²) in [4.78, 5) is 0. The van der Waals surface area contributed by atoms with Crippen molar-refractivity contribution in [1.82, 2.24) is 0 Å². The third kappa shape index (κ3) is 20.1. The number of hydrogen-bond donors (Lipinski definition) is 0. The average Bonchev–Trinajstić information content (AvgIpc) is 2.59. The van der Waals surface area contributed by atoms with Crippen molar-refractivity contribution in [2.24, 2.45) is 0 Å².